The molecule has 4 aromatic carbocycles. The molecule has 5 nitrogen and oxygen atoms in total. The van der Waals surface area contributed by atoms with Crippen molar-refractivity contribution in [3.63, 3.8) is 0 Å². The van der Waals surface area contributed by atoms with E-state index in [1.165, 1.54) is 0 Å². The van der Waals surface area contributed by atoms with E-state index in [1.54, 1.807) is 6.07 Å². The topological polar surface area (TPSA) is 48.7 Å². The Hall–Kier alpha value is -4.06. The summed E-state index contributed by atoms with van der Waals surface area (Å²) < 4.78 is 19.6. The number of rotatable bonds is 11. The van der Waals surface area contributed by atoms with Gasteiger partial charge in [0.25, 0.3) is 0 Å². The average Bonchev–Trinajstić information content (AvgIpc) is 2.95. The Morgan fingerprint density at radius 1 is 0.683 bits per heavy atom. The third kappa shape index (κ3) is 8.23. The molecule has 0 N–H and O–H groups in total. The number of halogens is 1. The molecule has 0 spiro atoms. The van der Waals surface area contributed by atoms with Crippen LogP contribution in [0, 0.1) is 0 Å². The molecule has 0 amide bonds. The molecule has 6 heteroatoms. The van der Waals surface area contributed by atoms with E-state index >= 15 is 0 Å². The van der Waals surface area contributed by atoms with E-state index in [1.807, 2.05) is 97.1 Å². The maximum absolute atomic E-state index is 13.0. The quantitative estimate of drug-likeness (QED) is 0.223. The highest BCUT2D eigenvalue weighted by Gasteiger charge is 2.14. The van der Waals surface area contributed by atoms with Crippen LogP contribution in [0.4, 0.5) is 0 Å². The van der Waals surface area contributed by atoms with Crippen molar-refractivity contribution in [3.05, 3.63) is 130 Å². The molecule has 0 aliphatic rings. The van der Waals surface area contributed by atoms with Crippen LogP contribution in [-0.2, 0) is 19.6 Å². The summed E-state index contributed by atoms with van der Waals surface area (Å²) in [5.41, 5.74) is 4.57. The molecule has 212 valence electrons. The molecule has 41 heavy (non-hydrogen) atoms. The molecule has 0 bridgehead atoms. The number of fused-ring (bicyclic) bond motifs is 1. The van der Waals surface area contributed by atoms with Crippen LogP contribution in [0.1, 0.15) is 23.1 Å². The smallest absolute Gasteiger partial charge is 0.193 e. The summed E-state index contributed by atoms with van der Waals surface area (Å²) in [5.74, 6) is 1.72. The summed E-state index contributed by atoms with van der Waals surface area (Å²) in [6.45, 7) is 1.89. The molecule has 0 radical (unpaired) electrons. The maximum Gasteiger partial charge on any atom is 0.193 e. The highest BCUT2D eigenvalue weighted by Crippen LogP contribution is 2.34. The Morgan fingerprint density at radius 3 is 1.95 bits per heavy atom. The normalized spacial score (nSPS) is 11.2. The fourth-order valence-electron chi connectivity index (χ4n) is 4.62. The molecule has 0 aliphatic heterocycles. The standard InChI is InChI=1S/C35H36NO4.ClH/c1-36(2,3)20-10-15-26-16-18-30-31(37)23-33(40-34(30)21-26)29-17-19-32(38-24-27-11-6-4-7-12-27)35(22-29)39-25-28-13-8-5-9-14-28;/h4-9,11-14,16-19,21-23H,10,15,20,24-25H2,1-3H3;1H/q+1;/p-1. The van der Waals surface area contributed by atoms with Gasteiger partial charge in [-0.05, 0) is 53.4 Å². The van der Waals surface area contributed by atoms with E-state index < -0.39 is 0 Å². The summed E-state index contributed by atoms with van der Waals surface area (Å²) in [7, 11) is 6.59. The van der Waals surface area contributed by atoms with E-state index in [0.29, 0.717) is 41.4 Å². The van der Waals surface area contributed by atoms with Gasteiger partial charge in [0.15, 0.2) is 16.9 Å². The minimum Gasteiger partial charge on any atom is -1.00 e. The van der Waals surface area contributed by atoms with E-state index in [-0.39, 0.29) is 17.8 Å². The van der Waals surface area contributed by atoms with Crippen LogP contribution in [0.2, 0.25) is 0 Å². The zero-order valence-corrected chi connectivity index (χ0v) is 24.6. The molecule has 1 heterocycles. The van der Waals surface area contributed by atoms with Gasteiger partial charge in [0.2, 0.25) is 0 Å². The van der Waals surface area contributed by atoms with Crippen LogP contribution < -0.4 is 27.3 Å². The molecule has 0 unspecified atom stereocenters. The summed E-state index contributed by atoms with van der Waals surface area (Å²) in [6.07, 6.45) is 2.00. The summed E-state index contributed by atoms with van der Waals surface area (Å²) in [4.78, 5) is 13.0. The van der Waals surface area contributed by atoms with Crippen molar-refractivity contribution >= 4 is 11.0 Å². The third-order valence-corrected chi connectivity index (χ3v) is 6.79. The molecular weight excluding hydrogens is 534 g/mol. The zero-order valence-electron chi connectivity index (χ0n) is 23.8. The first-order chi connectivity index (χ1) is 19.3. The van der Waals surface area contributed by atoms with Gasteiger partial charge in [-0.15, -0.1) is 0 Å². The molecule has 5 rings (SSSR count). The minimum absolute atomic E-state index is 0. The highest BCUT2D eigenvalue weighted by atomic mass is 35.5. The fourth-order valence-corrected chi connectivity index (χ4v) is 4.62. The predicted molar refractivity (Wildman–Crippen MR) is 161 cm³/mol. The molecular formula is C35H36ClNO4. The van der Waals surface area contributed by atoms with Crippen LogP contribution in [0.25, 0.3) is 22.3 Å². The number of aryl methyl sites for hydroxylation is 1. The van der Waals surface area contributed by atoms with E-state index in [4.69, 9.17) is 13.9 Å². The van der Waals surface area contributed by atoms with E-state index in [2.05, 4.69) is 21.1 Å². The summed E-state index contributed by atoms with van der Waals surface area (Å²) >= 11 is 0. The molecule has 0 atom stereocenters. The molecule has 5 aromatic rings. The SMILES string of the molecule is C[N+](C)(C)CCCc1ccc2c(=O)cc(-c3ccc(OCc4ccccc4)c(OCc4ccccc4)c3)oc2c1.[Cl-]. The van der Waals surface area contributed by atoms with Gasteiger partial charge in [-0.25, -0.2) is 0 Å². The van der Waals surface area contributed by atoms with Gasteiger partial charge in [-0.1, -0.05) is 66.7 Å². The van der Waals surface area contributed by atoms with Gasteiger partial charge in [0, 0.05) is 18.1 Å². The van der Waals surface area contributed by atoms with Gasteiger partial charge in [0.1, 0.15) is 24.6 Å². The second-order valence-corrected chi connectivity index (χ2v) is 11.1. The summed E-state index contributed by atoms with van der Waals surface area (Å²) in [5, 5.41) is 0.586. The van der Waals surface area contributed by atoms with Crippen LogP contribution >= 0.6 is 0 Å². The van der Waals surface area contributed by atoms with E-state index in [9.17, 15) is 4.79 Å². The van der Waals surface area contributed by atoms with Gasteiger partial charge >= 0.3 is 0 Å². The first-order valence-corrected chi connectivity index (χ1v) is 13.7. The van der Waals surface area contributed by atoms with Crippen molar-refractivity contribution < 1.29 is 30.8 Å². The van der Waals surface area contributed by atoms with Crippen molar-refractivity contribution in [1.82, 2.24) is 0 Å². The molecule has 0 fully saturated rings. The Balaban J connectivity index is 0.00000387. The van der Waals surface area contributed by atoms with E-state index in [0.717, 1.165) is 46.1 Å². The number of ether oxygens (including phenoxy) is 2. The Morgan fingerprint density at radius 2 is 1.32 bits per heavy atom. The van der Waals surface area contributed by atoms with Gasteiger partial charge in [-0.2, -0.15) is 0 Å². The second-order valence-electron chi connectivity index (χ2n) is 11.1. The molecule has 0 aliphatic carbocycles. The number of hydrogen-bond donors (Lipinski definition) is 0. The number of quaternary nitrogens is 1. The van der Waals surface area contributed by atoms with Crippen molar-refractivity contribution in [2.75, 3.05) is 27.7 Å². The van der Waals surface area contributed by atoms with Crippen LogP contribution in [0.5, 0.6) is 11.5 Å². The number of benzene rings is 4. The lowest BCUT2D eigenvalue weighted by Crippen LogP contribution is -3.00. The monoisotopic (exact) mass is 569 g/mol. The number of hydrogen-bond acceptors (Lipinski definition) is 4. The molecule has 0 saturated heterocycles. The van der Waals surface area contributed by atoms with Gasteiger partial charge < -0.3 is 30.8 Å². The fraction of sp³-hybridized carbons (Fsp3) is 0.229. The average molecular weight is 570 g/mol. The Kier molecular flexibility index (Phi) is 9.87. The third-order valence-electron chi connectivity index (χ3n) is 6.79. The molecule has 0 saturated carbocycles. The van der Waals surface area contributed by atoms with Gasteiger partial charge in [0.05, 0.1) is 33.1 Å². The first-order valence-electron chi connectivity index (χ1n) is 13.7. The minimum atomic E-state index is -0.0645. The van der Waals surface area contributed by atoms with Crippen molar-refractivity contribution in [3.8, 4) is 22.8 Å². The largest absolute Gasteiger partial charge is 1.00 e. The van der Waals surface area contributed by atoms with Crippen LogP contribution in [-0.4, -0.2) is 32.2 Å². The predicted octanol–water partition coefficient (Wildman–Crippen LogP) is 4.26. The zero-order chi connectivity index (χ0) is 28.0. The lowest BCUT2D eigenvalue weighted by Gasteiger charge is -2.23. The van der Waals surface area contributed by atoms with Gasteiger partial charge in [-0.3, -0.25) is 4.79 Å². The molecule has 1 aromatic heterocycles. The second kappa shape index (κ2) is 13.5. The summed E-state index contributed by atoms with van der Waals surface area (Å²) in [6, 6.07) is 33.2. The van der Waals surface area contributed by atoms with Crippen molar-refractivity contribution in [2.45, 2.75) is 26.1 Å². The lowest BCUT2D eigenvalue weighted by molar-refractivity contribution is -0.870. The maximum atomic E-state index is 13.0. The number of nitrogens with zero attached hydrogens (tertiary/aromatic N) is 1. The lowest BCUT2D eigenvalue weighted by atomic mass is 10.1. The van der Waals surface area contributed by atoms with Crippen molar-refractivity contribution in [2.24, 2.45) is 0 Å². The van der Waals surface area contributed by atoms with Crippen molar-refractivity contribution in [1.29, 1.82) is 0 Å². The van der Waals surface area contributed by atoms with Crippen LogP contribution in [0.15, 0.2) is 112 Å². The van der Waals surface area contributed by atoms with Crippen LogP contribution in [0.3, 0.4) is 0 Å². The highest BCUT2D eigenvalue weighted by molar-refractivity contribution is 5.79. The Labute approximate surface area is 248 Å². The first kappa shape index (κ1) is 29.9. The Bertz CT molecular complexity index is 1630.